The van der Waals surface area contributed by atoms with Crippen LogP contribution in [-0.2, 0) is 0 Å². The summed E-state index contributed by atoms with van der Waals surface area (Å²) in [7, 11) is 1.80. The Morgan fingerprint density at radius 3 is 2.69 bits per heavy atom. The molecular weight excluding hydrogens is 206 g/mol. The number of aliphatic hydroxyl groups is 2. The number of rotatable bonds is 5. The molecule has 2 unspecified atom stereocenters. The fraction of sp³-hybridized carbons (Fsp3) is 0.545. The number of aryl methyl sites for hydroxylation is 1. The van der Waals surface area contributed by atoms with Crippen LogP contribution in [0.1, 0.15) is 23.8 Å². The summed E-state index contributed by atoms with van der Waals surface area (Å²) in [5.74, 6) is 0.415. The van der Waals surface area contributed by atoms with Gasteiger partial charge in [-0.05, 0) is 33.0 Å². The molecule has 0 amide bonds. The first-order chi connectivity index (χ1) is 7.56. The van der Waals surface area contributed by atoms with Crippen molar-refractivity contribution in [3.05, 3.63) is 23.4 Å². The van der Waals surface area contributed by atoms with Gasteiger partial charge in [0, 0.05) is 11.3 Å². The monoisotopic (exact) mass is 225 g/mol. The van der Waals surface area contributed by atoms with E-state index in [-0.39, 0.29) is 0 Å². The highest BCUT2D eigenvalue weighted by Gasteiger charge is 2.20. The van der Waals surface area contributed by atoms with E-state index in [4.69, 9.17) is 5.73 Å². The number of nitrogens with one attached hydrogen (secondary N) is 1. The van der Waals surface area contributed by atoms with Gasteiger partial charge in [-0.15, -0.1) is 0 Å². The van der Waals surface area contributed by atoms with Gasteiger partial charge < -0.3 is 21.3 Å². The Morgan fingerprint density at radius 2 is 2.12 bits per heavy atom. The third kappa shape index (κ3) is 3.16. The smallest absolute Gasteiger partial charge is 0.123 e. The SMILES string of the molecule is CNCCC(O)C(O)c1ccc(N)nc1C. The average molecular weight is 225 g/mol. The molecule has 1 rings (SSSR count). The fourth-order valence-corrected chi connectivity index (χ4v) is 1.56. The van der Waals surface area contributed by atoms with Gasteiger partial charge in [0.05, 0.1) is 6.10 Å². The van der Waals surface area contributed by atoms with Crippen LogP contribution in [0.15, 0.2) is 12.1 Å². The first-order valence-corrected chi connectivity index (χ1v) is 5.30. The highest BCUT2D eigenvalue weighted by Crippen LogP contribution is 2.21. The summed E-state index contributed by atoms with van der Waals surface area (Å²) < 4.78 is 0. The number of hydrogen-bond acceptors (Lipinski definition) is 5. The number of nitrogen functional groups attached to an aromatic ring is 1. The van der Waals surface area contributed by atoms with E-state index in [1.165, 1.54) is 0 Å². The minimum absolute atomic E-state index is 0.415. The number of nitrogens with two attached hydrogens (primary N) is 1. The molecule has 1 heterocycles. The molecule has 0 saturated carbocycles. The Labute approximate surface area is 95.3 Å². The Morgan fingerprint density at radius 1 is 1.44 bits per heavy atom. The average Bonchev–Trinajstić information content (AvgIpc) is 2.25. The van der Waals surface area contributed by atoms with Crippen LogP contribution in [0.2, 0.25) is 0 Å². The lowest BCUT2D eigenvalue weighted by Crippen LogP contribution is -2.24. The standard InChI is InChI=1S/C11H19N3O2/c1-7-8(3-4-10(12)14-7)11(16)9(15)5-6-13-2/h3-4,9,11,13,15-16H,5-6H2,1-2H3,(H2,12,14). The maximum absolute atomic E-state index is 9.93. The van der Waals surface area contributed by atoms with Crippen LogP contribution in [0, 0.1) is 6.92 Å². The minimum atomic E-state index is -0.915. The van der Waals surface area contributed by atoms with Gasteiger partial charge in [0.25, 0.3) is 0 Å². The van der Waals surface area contributed by atoms with Crippen molar-refractivity contribution in [3.8, 4) is 0 Å². The molecule has 5 N–H and O–H groups in total. The van der Waals surface area contributed by atoms with Crippen molar-refractivity contribution in [2.45, 2.75) is 25.6 Å². The Balaban J connectivity index is 2.75. The highest BCUT2D eigenvalue weighted by atomic mass is 16.3. The topological polar surface area (TPSA) is 91.4 Å². The zero-order valence-electron chi connectivity index (χ0n) is 9.64. The number of pyridine rings is 1. The summed E-state index contributed by atoms with van der Waals surface area (Å²) in [5.41, 5.74) is 6.79. The first kappa shape index (κ1) is 12.9. The molecule has 16 heavy (non-hydrogen) atoms. The molecule has 1 aromatic heterocycles. The zero-order chi connectivity index (χ0) is 12.1. The number of aromatic nitrogens is 1. The zero-order valence-corrected chi connectivity index (χ0v) is 9.64. The molecule has 5 heteroatoms. The molecule has 0 aliphatic rings. The molecule has 0 saturated heterocycles. The molecule has 1 aromatic rings. The summed E-state index contributed by atoms with van der Waals surface area (Å²) in [6, 6.07) is 3.32. The van der Waals surface area contributed by atoms with Gasteiger partial charge in [-0.25, -0.2) is 4.98 Å². The molecule has 0 aromatic carbocycles. The summed E-state index contributed by atoms with van der Waals surface area (Å²) in [4.78, 5) is 4.05. The molecule has 0 spiro atoms. The van der Waals surface area contributed by atoms with Crippen LogP contribution in [-0.4, -0.2) is 34.9 Å². The van der Waals surface area contributed by atoms with Gasteiger partial charge in [0.15, 0.2) is 0 Å². The van der Waals surface area contributed by atoms with Crippen LogP contribution < -0.4 is 11.1 Å². The molecule has 0 bridgehead atoms. The van der Waals surface area contributed by atoms with Crippen molar-refractivity contribution in [2.75, 3.05) is 19.3 Å². The van der Waals surface area contributed by atoms with E-state index in [9.17, 15) is 10.2 Å². The molecular formula is C11H19N3O2. The summed E-state index contributed by atoms with van der Waals surface area (Å²) in [6.45, 7) is 2.42. The van der Waals surface area contributed by atoms with Crippen LogP contribution in [0.5, 0.6) is 0 Å². The van der Waals surface area contributed by atoms with Gasteiger partial charge in [-0.2, -0.15) is 0 Å². The number of nitrogens with zero attached hydrogens (tertiary/aromatic N) is 1. The maximum Gasteiger partial charge on any atom is 0.123 e. The number of aliphatic hydroxyl groups excluding tert-OH is 2. The molecule has 2 atom stereocenters. The molecule has 0 aliphatic carbocycles. The summed E-state index contributed by atoms with van der Waals surface area (Å²) >= 11 is 0. The predicted octanol–water partition coefficient (Wildman–Crippen LogP) is -0.0240. The highest BCUT2D eigenvalue weighted by molar-refractivity contribution is 5.35. The quantitative estimate of drug-likeness (QED) is 0.565. The second-order valence-corrected chi connectivity index (χ2v) is 3.82. The normalized spacial score (nSPS) is 14.8. The van der Waals surface area contributed by atoms with Crippen molar-refractivity contribution in [3.63, 3.8) is 0 Å². The Kier molecular flexibility index (Phi) is 4.67. The lowest BCUT2D eigenvalue weighted by atomic mass is 10.0. The van der Waals surface area contributed by atoms with Crippen LogP contribution >= 0.6 is 0 Å². The van der Waals surface area contributed by atoms with E-state index in [2.05, 4.69) is 10.3 Å². The number of hydrogen-bond donors (Lipinski definition) is 4. The van der Waals surface area contributed by atoms with Crippen LogP contribution in [0.25, 0.3) is 0 Å². The van der Waals surface area contributed by atoms with E-state index in [0.717, 1.165) is 0 Å². The molecule has 90 valence electrons. The van der Waals surface area contributed by atoms with Gasteiger partial charge >= 0.3 is 0 Å². The largest absolute Gasteiger partial charge is 0.390 e. The fourth-order valence-electron chi connectivity index (χ4n) is 1.56. The molecule has 0 fully saturated rings. The van der Waals surface area contributed by atoms with E-state index in [1.54, 1.807) is 26.1 Å². The van der Waals surface area contributed by atoms with E-state index < -0.39 is 12.2 Å². The maximum atomic E-state index is 9.93. The Bertz CT molecular complexity index is 344. The summed E-state index contributed by atoms with van der Waals surface area (Å²) in [6.07, 6.45) is -1.22. The third-order valence-corrected chi connectivity index (χ3v) is 2.52. The van der Waals surface area contributed by atoms with Gasteiger partial charge in [-0.3, -0.25) is 0 Å². The summed E-state index contributed by atoms with van der Waals surface area (Å²) in [5, 5.41) is 22.6. The third-order valence-electron chi connectivity index (χ3n) is 2.52. The van der Waals surface area contributed by atoms with Crippen LogP contribution in [0.3, 0.4) is 0 Å². The van der Waals surface area contributed by atoms with Crippen molar-refractivity contribution in [2.24, 2.45) is 0 Å². The van der Waals surface area contributed by atoms with Gasteiger partial charge in [0.1, 0.15) is 11.9 Å². The second-order valence-electron chi connectivity index (χ2n) is 3.82. The lowest BCUT2D eigenvalue weighted by molar-refractivity contribution is 0.0134. The van der Waals surface area contributed by atoms with E-state index >= 15 is 0 Å². The van der Waals surface area contributed by atoms with Crippen molar-refractivity contribution in [1.82, 2.24) is 10.3 Å². The molecule has 0 aliphatic heterocycles. The van der Waals surface area contributed by atoms with Crippen molar-refractivity contribution in [1.29, 1.82) is 0 Å². The minimum Gasteiger partial charge on any atom is -0.390 e. The van der Waals surface area contributed by atoms with Crippen molar-refractivity contribution < 1.29 is 10.2 Å². The van der Waals surface area contributed by atoms with E-state index in [0.29, 0.717) is 30.0 Å². The molecule has 5 nitrogen and oxygen atoms in total. The first-order valence-electron chi connectivity index (χ1n) is 5.30. The lowest BCUT2D eigenvalue weighted by Gasteiger charge is -2.19. The predicted molar refractivity (Wildman–Crippen MR) is 62.9 cm³/mol. The van der Waals surface area contributed by atoms with Crippen molar-refractivity contribution >= 4 is 5.82 Å². The van der Waals surface area contributed by atoms with Gasteiger partial charge in [0.2, 0.25) is 0 Å². The van der Waals surface area contributed by atoms with E-state index in [1.807, 2.05) is 0 Å². The molecule has 0 radical (unpaired) electrons. The van der Waals surface area contributed by atoms with Gasteiger partial charge in [-0.1, -0.05) is 6.07 Å². The number of anilines is 1. The van der Waals surface area contributed by atoms with Crippen LogP contribution in [0.4, 0.5) is 5.82 Å². The Hall–Kier alpha value is -1.17. The second kappa shape index (κ2) is 5.79.